The lowest BCUT2D eigenvalue weighted by Crippen LogP contribution is -2.15. The minimum absolute atomic E-state index is 0.0682. The Labute approximate surface area is 172 Å². The van der Waals surface area contributed by atoms with E-state index in [1.807, 2.05) is 41.0 Å². The second-order valence-electron chi connectivity index (χ2n) is 6.92. The number of fused-ring (bicyclic) bond motifs is 1. The summed E-state index contributed by atoms with van der Waals surface area (Å²) in [4.78, 5) is 28.4. The van der Waals surface area contributed by atoms with Gasteiger partial charge in [0.1, 0.15) is 0 Å². The molecule has 0 radical (unpaired) electrons. The molecule has 0 aliphatic rings. The van der Waals surface area contributed by atoms with Crippen LogP contribution in [0.15, 0.2) is 79.1 Å². The van der Waals surface area contributed by atoms with Gasteiger partial charge in [0.15, 0.2) is 0 Å². The molecule has 1 amide bonds. The van der Waals surface area contributed by atoms with Gasteiger partial charge in [0, 0.05) is 11.4 Å². The Morgan fingerprint density at radius 1 is 1.03 bits per heavy atom. The summed E-state index contributed by atoms with van der Waals surface area (Å²) < 4.78 is 1.85. The first-order valence-corrected chi connectivity index (χ1v) is 9.42. The van der Waals surface area contributed by atoms with E-state index in [0.717, 1.165) is 11.1 Å². The number of nitrogens with zero attached hydrogens (tertiary/aromatic N) is 2. The SMILES string of the molecule is Nc1ccccc1C(=O)Nc1ccc2c(c1)ncn2C(CC(=O)O)c1ccccc1. The van der Waals surface area contributed by atoms with E-state index in [0.29, 0.717) is 22.5 Å². The molecule has 0 saturated carbocycles. The monoisotopic (exact) mass is 400 g/mol. The van der Waals surface area contributed by atoms with Crippen LogP contribution in [0.5, 0.6) is 0 Å². The van der Waals surface area contributed by atoms with Gasteiger partial charge in [-0.15, -0.1) is 0 Å². The predicted octanol–water partition coefficient (Wildman–Crippen LogP) is 3.93. The number of carbonyl (C=O) groups is 2. The number of rotatable bonds is 6. The minimum Gasteiger partial charge on any atom is -0.481 e. The smallest absolute Gasteiger partial charge is 0.305 e. The zero-order valence-corrected chi connectivity index (χ0v) is 16.0. The fourth-order valence-corrected chi connectivity index (χ4v) is 3.48. The zero-order valence-electron chi connectivity index (χ0n) is 16.0. The van der Waals surface area contributed by atoms with E-state index in [2.05, 4.69) is 10.3 Å². The molecule has 0 saturated heterocycles. The topological polar surface area (TPSA) is 110 Å². The van der Waals surface area contributed by atoms with Crippen molar-refractivity contribution in [3.8, 4) is 0 Å². The lowest BCUT2D eigenvalue weighted by molar-refractivity contribution is -0.137. The third-order valence-electron chi connectivity index (χ3n) is 4.93. The van der Waals surface area contributed by atoms with Crippen molar-refractivity contribution >= 4 is 34.3 Å². The molecule has 4 N–H and O–H groups in total. The fraction of sp³-hybridized carbons (Fsp3) is 0.0870. The number of carboxylic acid groups (broad SMARTS) is 1. The van der Waals surface area contributed by atoms with Crippen molar-refractivity contribution in [2.45, 2.75) is 12.5 Å². The van der Waals surface area contributed by atoms with Crippen LogP contribution in [-0.4, -0.2) is 26.5 Å². The van der Waals surface area contributed by atoms with Crippen LogP contribution in [0.25, 0.3) is 11.0 Å². The Balaban J connectivity index is 1.65. The summed E-state index contributed by atoms with van der Waals surface area (Å²) >= 11 is 0. The quantitative estimate of drug-likeness (QED) is 0.425. The molecule has 1 unspecified atom stereocenters. The van der Waals surface area contributed by atoms with Crippen molar-refractivity contribution in [2.75, 3.05) is 11.1 Å². The van der Waals surface area contributed by atoms with Gasteiger partial charge < -0.3 is 20.7 Å². The molecule has 30 heavy (non-hydrogen) atoms. The number of benzene rings is 3. The highest BCUT2D eigenvalue weighted by molar-refractivity contribution is 6.08. The van der Waals surface area contributed by atoms with Crippen molar-refractivity contribution in [3.05, 3.63) is 90.3 Å². The molecule has 1 heterocycles. The third-order valence-corrected chi connectivity index (χ3v) is 4.93. The number of hydrogen-bond donors (Lipinski definition) is 3. The van der Waals surface area contributed by atoms with Crippen LogP contribution in [0.1, 0.15) is 28.4 Å². The van der Waals surface area contributed by atoms with E-state index in [1.165, 1.54) is 0 Å². The number of nitrogens with two attached hydrogens (primary N) is 1. The summed E-state index contributed by atoms with van der Waals surface area (Å²) in [6, 6.07) is 21.3. The summed E-state index contributed by atoms with van der Waals surface area (Å²) in [5.74, 6) is -1.20. The van der Waals surface area contributed by atoms with Gasteiger partial charge in [-0.05, 0) is 35.9 Å². The van der Waals surface area contributed by atoms with Crippen LogP contribution in [0.2, 0.25) is 0 Å². The Morgan fingerprint density at radius 2 is 1.77 bits per heavy atom. The van der Waals surface area contributed by atoms with Crippen molar-refractivity contribution in [3.63, 3.8) is 0 Å². The van der Waals surface area contributed by atoms with Gasteiger partial charge in [-0.1, -0.05) is 42.5 Å². The summed E-state index contributed by atoms with van der Waals surface area (Å²) in [6.45, 7) is 0. The average molecular weight is 400 g/mol. The molecule has 0 fully saturated rings. The van der Waals surface area contributed by atoms with Gasteiger partial charge in [0.05, 0.1) is 35.4 Å². The standard InChI is InChI=1S/C23H20N4O3/c24-18-9-5-4-8-17(18)23(30)26-16-10-11-20-19(12-16)25-14-27(20)21(13-22(28)29)15-6-2-1-3-7-15/h1-12,14,21H,13,24H2,(H,26,30)(H,28,29). The number of imidazole rings is 1. The highest BCUT2D eigenvalue weighted by Crippen LogP contribution is 2.28. The fourth-order valence-electron chi connectivity index (χ4n) is 3.48. The zero-order chi connectivity index (χ0) is 21.1. The molecule has 0 aliphatic carbocycles. The molecular weight excluding hydrogens is 380 g/mol. The number of nitrogens with one attached hydrogen (secondary N) is 1. The molecule has 0 bridgehead atoms. The number of aromatic nitrogens is 2. The van der Waals surface area contributed by atoms with Gasteiger partial charge in [-0.3, -0.25) is 9.59 Å². The number of nitrogen functional groups attached to an aromatic ring is 1. The molecule has 0 spiro atoms. The Bertz CT molecular complexity index is 1220. The van der Waals surface area contributed by atoms with Crippen LogP contribution < -0.4 is 11.1 Å². The highest BCUT2D eigenvalue weighted by atomic mass is 16.4. The van der Waals surface area contributed by atoms with Crippen LogP contribution >= 0.6 is 0 Å². The van der Waals surface area contributed by atoms with Crippen LogP contribution in [0, 0.1) is 0 Å². The molecule has 1 atom stereocenters. The molecule has 0 aliphatic heterocycles. The molecular formula is C23H20N4O3. The minimum atomic E-state index is -0.893. The second kappa shape index (κ2) is 8.08. The number of carboxylic acids is 1. The molecule has 7 nitrogen and oxygen atoms in total. The van der Waals surface area contributed by atoms with Gasteiger partial charge in [0.25, 0.3) is 5.91 Å². The summed E-state index contributed by atoms with van der Waals surface area (Å²) in [5.41, 5.74) is 9.57. The van der Waals surface area contributed by atoms with Crippen molar-refractivity contribution in [1.29, 1.82) is 0 Å². The summed E-state index contributed by atoms with van der Waals surface area (Å²) in [6.07, 6.45) is 1.56. The molecule has 1 aromatic heterocycles. The number of aliphatic carboxylic acids is 1. The first kappa shape index (κ1) is 19.2. The van der Waals surface area contributed by atoms with Crippen molar-refractivity contribution in [2.24, 2.45) is 0 Å². The number of para-hydroxylation sites is 1. The number of carbonyl (C=O) groups excluding carboxylic acids is 1. The molecule has 4 rings (SSSR count). The van der Waals surface area contributed by atoms with E-state index < -0.39 is 12.0 Å². The van der Waals surface area contributed by atoms with Gasteiger partial charge in [-0.2, -0.15) is 0 Å². The Morgan fingerprint density at radius 3 is 2.50 bits per heavy atom. The number of anilines is 2. The normalized spacial score (nSPS) is 11.9. The molecule has 3 aromatic carbocycles. The van der Waals surface area contributed by atoms with Crippen molar-refractivity contribution < 1.29 is 14.7 Å². The number of hydrogen-bond acceptors (Lipinski definition) is 4. The van der Waals surface area contributed by atoms with Crippen LogP contribution in [-0.2, 0) is 4.79 Å². The average Bonchev–Trinajstić information content (AvgIpc) is 3.16. The Kier molecular flexibility index (Phi) is 5.17. The van der Waals surface area contributed by atoms with Gasteiger partial charge in [-0.25, -0.2) is 4.98 Å². The maximum atomic E-state index is 12.5. The lowest BCUT2D eigenvalue weighted by atomic mass is 10.0. The van der Waals surface area contributed by atoms with Crippen LogP contribution in [0.4, 0.5) is 11.4 Å². The van der Waals surface area contributed by atoms with Crippen molar-refractivity contribution in [1.82, 2.24) is 9.55 Å². The first-order valence-electron chi connectivity index (χ1n) is 9.42. The van der Waals surface area contributed by atoms with E-state index in [1.54, 1.807) is 42.7 Å². The second-order valence-corrected chi connectivity index (χ2v) is 6.92. The van der Waals surface area contributed by atoms with E-state index in [9.17, 15) is 14.7 Å². The molecule has 7 heteroatoms. The highest BCUT2D eigenvalue weighted by Gasteiger charge is 2.20. The van der Waals surface area contributed by atoms with Gasteiger partial charge >= 0.3 is 5.97 Å². The van der Waals surface area contributed by atoms with Crippen LogP contribution in [0.3, 0.4) is 0 Å². The summed E-state index contributed by atoms with van der Waals surface area (Å²) in [5, 5.41) is 12.2. The third kappa shape index (κ3) is 3.86. The van der Waals surface area contributed by atoms with E-state index >= 15 is 0 Å². The molecule has 4 aromatic rings. The van der Waals surface area contributed by atoms with E-state index in [4.69, 9.17) is 5.73 Å². The van der Waals surface area contributed by atoms with Gasteiger partial charge in [0.2, 0.25) is 0 Å². The maximum Gasteiger partial charge on any atom is 0.305 e. The lowest BCUT2D eigenvalue weighted by Gasteiger charge is -2.18. The van der Waals surface area contributed by atoms with E-state index in [-0.39, 0.29) is 12.3 Å². The summed E-state index contributed by atoms with van der Waals surface area (Å²) in [7, 11) is 0. The maximum absolute atomic E-state index is 12.5. The largest absolute Gasteiger partial charge is 0.481 e. The predicted molar refractivity (Wildman–Crippen MR) is 115 cm³/mol. The first-order chi connectivity index (χ1) is 14.5. The molecule has 150 valence electrons. The Hall–Kier alpha value is -4.13. The number of amides is 1.